The second-order valence-corrected chi connectivity index (χ2v) is 7.87. The van der Waals surface area contributed by atoms with Crippen LogP contribution in [0.15, 0.2) is 17.0 Å². The molecule has 2 rings (SSSR count). The van der Waals surface area contributed by atoms with Crippen molar-refractivity contribution in [3.63, 3.8) is 0 Å². The number of nitrogens with zero attached hydrogens (tertiary/aromatic N) is 1. The van der Waals surface area contributed by atoms with Gasteiger partial charge in [0.2, 0.25) is 10.0 Å². The Morgan fingerprint density at radius 1 is 1.35 bits per heavy atom. The fraction of sp³-hybridized carbons (Fsp3) is 0.500. The molecule has 1 fully saturated rings. The number of aliphatic carboxylic acids is 1. The number of carboxylic acid groups (broad SMARTS) is 1. The number of carboxylic acids is 1. The van der Waals surface area contributed by atoms with Gasteiger partial charge in [-0.15, -0.1) is 0 Å². The minimum absolute atomic E-state index is 0.0430. The van der Waals surface area contributed by atoms with Crippen molar-refractivity contribution in [1.82, 2.24) is 4.31 Å². The molecule has 1 unspecified atom stereocenters. The number of benzene rings is 1. The molecule has 23 heavy (non-hydrogen) atoms. The zero-order valence-electron chi connectivity index (χ0n) is 12.8. The summed E-state index contributed by atoms with van der Waals surface area (Å²) in [7, 11) is -4.54. The molecule has 1 atom stereocenters. The highest BCUT2D eigenvalue weighted by Crippen LogP contribution is 2.29. The second-order valence-electron chi connectivity index (χ2n) is 6.01. The third-order valence-electron chi connectivity index (χ3n) is 3.60. The van der Waals surface area contributed by atoms with Gasteiger partial charge in [-0.1, -0.05) is 0 Å². The molecule has 6 nitrogen and oxygen atoms in total. The molecule has 0 spiro atoms. The van der Waals surface area contributed by atoms with Gasteiger partial charge in [-0.3, -0.25) is 4.79 Å². The topological polar surface area (TPSA) is 83.9 Å². The minimum Gasteiger partial charge on any atom is -0.480 e. The number of hydrogen-bond acceptors (Lipinski definition) is 4. The average Bonchev–Trinajstić information content (AvgIpc) is 2.41. The lowest BCUT2D eigenvalue weighted by molar-refractivity contribution is -0.154. The van der Waals surface area contributed by atoms with E-state index in [9.17, 15) is 27.1 Å². The molecule has 0 amide bonds. The first kappa shape index (κ1) is 17.8. The molecule has 1 saturated heterocycles. The Hall–Kier alpha value is -1.58. The van der Waals surface area contributed by atoms with Crippen LogP contribution in [-0.2, 0) is 19.6 Å². The van der Waals surface area contributed by atoms with Gasteiger partial charge in [-0.25, -0.2) is 17.2 Å². The summed E-state index contributed by atoms with van der Waals surface area (Å²) < 4.78 is 59.0. The van der Waals surface area contributed by atoms with Crippen LogP contribution >= 0.6 is 0 Å². The van der Waals surface area contributed by atoms with Gasteiger partial charge < -0.3 is 9.84 Å². The van der Waals surface area contributed by atoms with Gasteiger partial charge in [0, 0.05) is 6.54 Å². The van der Waals surface area contributed by atoms with E-state index in [2.05, 4.69) is 0 Å². The number of carbonyl (C=O) groups is 1. The standard InChI is InChI=1S/C14H17F2NO5S/c1-8-4-10(16)12(5-9(8)15)23(20,21)17-7-14(2,3)22-6-11(17)13(18)19/h4-5,11H,6-7H2,1-3H3,(H,18,19). The first-order chi connectivity index (χ1) is 10.5. The zero-order chi connectivity index (χ0) is 17.6. The highest BCUT2D eigenvalue weighted by atomic mass is 32.2. The van der Waals surface area contributed by atoms with Crippen molar-refractivity contribution in [3.05, 3.63) is 29.3 Å². The quantitative estimate of drug-likeness (QED) is 0.895. The smallest absolute Gasteiger partial charge is 0.324 e. The van der Waals surface area contributed by atoms with Crippen molar-refractivity contribution in [3.8, 4) is 0 Å². The summed E-state index contributed by atoms with van der Waals surface area (Å²) >= 11 is 0. The van der Waals surface area contributed by atoms with E-state index < -0.39 is 44.2 Å². The van der Waals surface area contributed by atoms with Crippen LogP contribution in [0.1, 0.15) is 19.4 Å². The van der Waals surface area contributed by atoms with Crippen molar-refractivity contribution in [2.24, 2.45) is 0 Å². The molecule has 1 aliphatic heterocycles. The molecule has 0 saturated carbocycles. The largest absolute Gasteiger partial charge is 0.480 e. The van der Waals surface area contributed by atoms with Gasteiger partial charge >= 0.3 is 5.97 Å². The number of hydrogen-bond donors (Lipinski definition) is 1. The predicted octanol–water partition coefficient (Wildman–Crippen LogP) is 1.53. The molecule has 1 aromatic carbocycles. The van der Waals surface area contributed by atoms with Gasteiger partial charge in [0.1, 0.15) is 22.6 Å². The fourth-order valence-corrected chi connectivity index (χ4v) is 4.10. The summed E-state index contributed by atoms with van der Waals surface area (Å²) in [6.07, 6.45) is 0. The maximum atomic E-state index is 14.1. The van der Waals surface area contributed by atoms with Gasteiger partial charge in [-0.2, -0.15) is 4.31 Å². The van der Waals surface area contributed by atoms with Crippen LogP contribution in [0.25, 0.3) is 0 Å². The summed E-state index contributed by atoms with van der Waals surface area (Å²) in [4.78, 5) is 10.4. The number of rotatable bonds is 3. The van der Waals surface area contributed by atoms with Gasteiger partial charge in [0.05, 0.1) is 12.2 Å². The van der Waals surface area contributed by atoms with Crippen molar-refractivity contribution in [1.29, 1.82) is 0 Å². The Morgan fingerprint density at radius 2 is 1.96 bits per heavy atom. The van der Waals surface area contributed by atoms with E-state index in [1.165, 1.54) is 6.92 Å². The molecule has 0 aliphatic carbocycles. The van der Waals surface area contributed by atoms with Crippen LogP contribution < -0.4 is 0 Å². The van der Waals surface area contributed by atoms with E-state index in [1.807, 2.05) is 0 Å². The summed E-state index contributed by atoms with van der Waals surface area (Å²) in [5, 5.41) is 9.20. The first-order valence-electron chi connectivity index (χ1n) is 6.80. The molecular formula is C14H17F2NO5S. The minimum atomic E-state index is -4.54. The first-order valence-corrected chi connectivity index (χ1v) is 8.24. The number of halogens is 2. The summed E-state index contributed by atoms with van der Waals surface area (Å²) in [5.41, 5.74) is -0.989. The molecule has 1 heterocycles. The van der Waals surface area contributed by atoms with Crippen LogP contribution in [0, 0.1) is 18.6 Å². The van der Waals surface area contributed by atoms with E-state index in [-0.39, 0.29) is 18.7 Å². The fourth-order valence-electron chi connectivity index (χ4n) is 2.32. The van der Waals surface area contributed by atoms with Crippen LogP contribution in [0.3, 0.4) is 0 Å². The average molecular weight is 349 g/mol. The van der Waals surface area contributed by atoms with E-state index in [0.717, 1.165) is 6.07 Å². The zero-order valence-corrected chi connectivity index (χ0v) is 13.7. The molecule has 1 aromatic rings. The SMILES string of the molecule is Cc1cc(F)c(S(=O)(=O)N2CC(C)(C)OCC2C(=O)O)cc1F. The number of aryl methyl sites for hydroxylation is 1. The predicted molar refractivity (Wildman–Crippen MR) is 76.4 cm³/mol. The van der Waals surface area contributed by atoms with Crippen molar-refractivity contribution >= 4 is 16.0 Å². The summed E-state index contributed by atoms with van der Waals surface area (Å²) in [5.74, 6) is -3.43. The number of morpholine rings is 1. The monoisotopic (exact) mass is 349 g/mol. The summed E-state index contributed by atoms with van der Waals surface area (Å²) in [6, 6.07) is -0.165. The highest BCUT2D eigenvalue weighted by molar-refractivity contribution is 7.89. The van der Waals surface area contributed by atoms with Crippen LogP contribution in [0.5, 0.6) is 0 Å². The Bertz CT molecular complexity index is 748. The Morgan fingerprint density at radius 3 is 2.52 bits per heavy atom. The lowest BCUT2D eigenvalue weighted by Gasteiger charge is -2.40. The molecule has 1 N–H and O–H groups in total. The van der Waals surface area contributed by atoms with Gasteiger partial charge in [0.15, 0.2) is 0 Å². The second kappa shape index (κ2) is 5.81. The summed E-state index contributed by atoms with van der Waals surface area (Å²) in [6.45, 7) is 3.80. The Balaban J connectivity index is 2.55. The van der Waals surface area contributed by atoms with Crippen molar-refractivity contribution in [2.45, 2.75) is 37.3 Å². The van der Waals surface area contributed by atoms with Crippen molar-refractivity contribution < 1.29 is 31.8 Å². The molecule has 0 aromatic heterocycles. The molecule has 1 aliphatic rings. The van der Waals surface area contributed by atoms with Crippen LogP contribution in [0.4, 0.5) is 8.78 Å². The van der Waals surface area contributed by atoms with Gasteiger partial charge in [-0.05, 0) is 38.5 Å². The van der Waals surface area contributed by atoms with Crippen LogP contribution in [-0.4, -0.2) is 48.6 Å². The van der Waals surface area contributed by atoms with Gasteiger partial charge in [0.25, 0.3) is 0 Å². The maximum Gasteiger partial charge on any atom is 0.324 e. The molecule has 9 heteroatoms. The Kier molecular flexibility index (Phi) is 4.49. The number of sulfonamides is 1. The van der Waals surface area contributed by atoms with Crippen molar-refractivity contribution in [2.75, 3.05) is 13.2 Å². The maximum absolute atomic E-state index is 14.1. The normalized spacial score (nSPS) is 22.0. The lowest BCUT2D eigenvalue weighted by atomic mass is 10.1. The Labute approximate surface area is 132 Å². The highest BCUT2D eigenvalue weighted by Gasteiger charge is 2.45. The van der Waals surface area contributed by atoms with Crippen LogP contribution in [0.2, 0.25) is 0 Å². The molecule has 0 radical (unpaired) electrons. The van der Waals surface area contributed by atoms with E-state index in [1.54, 1.807) is 13.8 Å². The molecule has 128 valence electrons. The third-order valence-corrected chi connectivity index (χ3v) is 5.47. The van der Waals surface area contributed by atoms with E-state index in [0.29, 0.717) is 10.4 Å². The molecular weight excluding hydrogens is 332 g/mol. The molecule has 0 bridgehead atoms. The number of ether oxygens (including phenoxy) is 1. The van der Waals surface area contributed by atoms with E-state index in [4.69, 9.17) is 4.74 Å². The lowest BCUT2D eigenvalue weighted by Crippen LogP contribution is -2.58. The third kappa shape index (κ3) is 3.36. The van der Waals surface area contributed by atoms with E-state index >= 15 is 0 Å².